The number of esters is 2. The first kappa shape index (κ1) is 27.0. The monoisotopic (exact) mass is 739 g/mol. The fourth-order valence-corrected chi connectivity index (χ4v) is 7.90. The van der Waals surface area contributed by atoms with Crippen LogP contribution in [0.4, 0.5) is 0 Å². The van der Waals surface area contributed by atoms with Gasteiger partial charge in [-0.2, -0.15) is 0 Å². The van der Waals surface area contributed by atoms with E-state index in [1.807, 2.05) is 18.2 Å². The highest BCUT2D eigenvalue weighted by Crippen LogP contribution is 2.40. The molecule has 0 saturated heterocycles. The second kappa shape index (κ2) is 10.6. The molecule has 0 radical (unpaired) electrons. The zero-order valence-electron chi connectivity index (χ0n) is 19.1. The van der Waals surface area contributed by atoms with E-state index < -0.39 is 11.9 Å². The normalized spacial score (nSPS) is 14.3. The fraction of sp³-hybridized carbons (Fsp3) is 0. The van der Waals surface area contributed by atoms with Gasteiger partial charge in [0.2, 0.25) is 5.90 Å². The van der Waals surface area contributed by atoms with Gasteiger partial charge in [0.15, 0.2) is 5.70 Å². The van der Waals surface area contributed by atoms with Crippen LogP contribution in [0.3, 0.4) is 0 Å². The molecule has 5 nitrogen and oxygen atoms in total. The Morgan fingerprint density at radius 1 is 0.897 bits per heavy atom. The summed E-state index contributed by atoms with van der Waals surface area (Å²) >= 11 is 28.6. The van der Waals surface area contributed by atoms with Gasteiger partial charge in [-0.15, -0.1) is 22.7 Å². The number of cyclic esters (lactones) is 1. The summed E-state index contributed by atoms with van der Waals surface area (Å²) in [5.74, 6) is -0.969. The minimum Gasteiger partial charge on any atom is -0.422 e. The van der Waals surface area contributed by atoms with Crippen LogP contribution in [0.5, 0.6) is 5.75 Å². The molecule has 0 saturated carbocycles. The molecule has 0 atom stereocenters. The summed E-state index contributed by atoms with van der Waals surface area (Å²) in [4.78, 5) is 31.1. The van der Waals surface area contributed by atoms with Crippen molar-refractivity contribution in [3.8, 4) is 5.75 Å². The summed E-state index contributed by atoms with van der Waals surface area (Å²) in [6, 6.07) is 15.9. The van der Waals surface area contributed by atoms with Gasteiger partial charge in [-0.25, -0.2) is 14.6 Å². The van der Waals surface area contributed by atoms with Gasteiger partial charge in [-0.1, -0.05) is 78.8 Å². The zero-order chi connectivity index (χ0) is 27.4. The number of halogens is 5. The van der Waals surface area contributed by atoms with Crippen LogP contribution in [0.15, 0.2) is 74.2 Å². The predicted molar refractivity (Wildman–Crippen MR) is 166 cm³/mol. The number of carbonyl (C=O) groups excluding carboxylic acids is 2. The Hall–Kier alpha value is -2.24. The molecular weight excluding hydrogens is 733 g/mol. The molecule has 0 unspecified atom stereocenters. The van der Waals surface area contributed by atoms with Gasteiger partial charge in [0.05, 0.1) is 10.0 Å². The van der Waals surface area contributed by atoms with Crippen LogP contribution in [0.2, 0.25) is 15.1 Å². The van der Waals surface area contributed by atoms with Gasteiger partial charge in [0, 0.05) is 39.7 Å². The Morgan fingerprint density at radius 3 is 2.41 bits per heavy atom. The number of benzene rings is 3. The first-order chi connectivity index (χ1) is 18.7. The fourth-order valence-electron chi connectivity index (χ4n) is 3.87. The standard InChI is InChI=1S/C27H10Br2Cl3NO4S2/c28-12-2-6-18(36-27(35)24-22(32)16-5-3-14(30)10-20(16)39-24)11(7-12)8-17-26(34)37-25(33-17)23-21(31)15-4-1-13(29)9-19(15)38-23/h1-10H/b17-8+. The van der Waals surface area contributed by atoms with Crippen LogP contribution >= 0.6 is 89.3 Å². The predicted octanol–water partition coefficient (Wildman–Crippen LogP) is 10.2. The summed E-state index contributed by atoms with van der Waals surface area (Å²) < 4.78 is 14.5. The van der Waals surface area contributed by atoms with Crippen molar-refractivity contribution >= 4 is 133 Å². The van der Waals surface area contributed by atoms with Crippen LogP contribution in [0.25, 0.3) is 26.2 Å². The number of ether oxygens (including phenoxy) is 2. The molecule has 0 amide bonds. The molecule has 1 aliphatic rings. The molecule has 6 rings (SSSR count). The smallest absolute Gasteiger partial charge is 0.363 e. The molecule has 39 heavy (non-hydrogen) atoms. The maximum absolute atomic E-state index is 13.1. The number of fused-ring (bicyclic) bond motifs is 2. The quantitative estimate of drug-likeness (QED) is 0.105. The van der Waals surface area contributed by atoms with Gasteiger partial charge in [-0.3, -0.25) is 0 Å². The SMILES string of the molecule is O=C1OC(c2sc3cc(Br)ccc3c2Cl)=N/C1=C/c1cc(Br)ccc1OC(=O)c1sc2cc(Cl)ccc2c1Cl. The van der Waals surface area contributed by atoms with Crippen LogP contribution in [-0.4, -0.2) is 17.8 Å². The van der Waals surface area contributed by atoms with Gasteiger partial charge in [0.1, 0.15) is 15.5 Å². The van der Waals surface area contributed by atoms with E-state index in [0.717, 1.165) is 19.3 Å². The van der Waals surface area contributed by atoms with Crippen LogP contribution in [0.1, 0.15) is 20.1 Å². The van der Waals surface area contributed by atoms with E-state index in [1.54, 1.807) is 36.4 Å². The third-order valence-electron chi connectivity index (χ3n) is 5.65. The lowest BCUT2D eigenvalue weighted by molar-refractivity contribution is -0.129. The van der Waals surface area contributed by atoms with Crippen molar-refractivity contribution in [2.45, 2.75) is 0 Å². The van der Waals surface area contributed by atoms with Crippen molar-refractivity contribution in [2.24, 2.45) is 4.99 Å². The summed E-state index contributed by atoms with van der Waals surface area (Å²) in [5, 5.41) is 2.82. The van der Waals surface area contributed by atoms with Crippen LogP contribution < -0.4 is 4.74 Å². The third-order valence-corrected chi connectivity index (χ3v) is 10.2. The molecule has 5 aromatic rings. The van der Waals surface area contributed by atoms with Crippen molar-refractivity contribution in [1.29, 1.82) is 0 Å². The molecular formula is C27H10Br2Cl3NO4S2. The second-order valence-electron chi connectivity index (χ2n) is 8.18. The van der Waals surface area contributed by atoms with Crippen molar-refractivity contribution < 1.29 is 19.1 Å². The molecule has 1 aliphatic heterocycles. The molecule has 12 heteroatoms. The largest absolute Gasteiger partial charge is 0.422 e. The summed E-state index contributed by atoms with van der Waals surface area (Å²) in [7, 11) is 0. The Labute approximate surface area is 260 Å². The minimum absolute atomic E-state index is 0.0321. The van der Waals surface area contributed by atoms with Crippen molar-refractivity contribution in [2.75, 3.05) is 0 Å². The number of carbonyl (C=O) groups is 2. The number of thiophene rings is 2. The average molecular weight is 743 g/mol. The van der Waals surface area contributed by atoms with E-state index in [4.69, 9.17) is 44.3 Å². The first-order valence-electron chi connectivity index (χ1n) is 11.0. The summed E-state index contributed by atoms with van der Waals surface area (Å²) in [5.41, 5.74) is 0.464. The number of hydrogen-bond acceptors (Lipinski definition) is 7. The van der Waals surface area contributed by atoms with E-state index in [9.17, 15) is 9.59 Å². The van der Waals surface area contributed by atoms with Gasteiger partial charge < -0.3 is 9.47 Å². The molecule has 0 spiro atoms. The summed E-state index contributed by atoms with van der Waals surface area (Å²) in [6.07, 6.45) is 1.49. The molecule has 0 N–H and O–H groups in total. The number of nitrogens with zero attached hydrogens (tertiary/aromatic N) is 1. The number of aliphatic imine (C=N–C) groups is 1. The lowest BCUT2D eigenvalue weighted by Gasteiger charge is -2.08. The Bertz CT molecular complexity index is 1930. The molecule has 0 fully saturated rings. The summed E-state index contributed by atoms with van der Waals surface area (Å²) in [6.45, 7) is 0. The van der Waals surface area contributed by atoms with Gasteiger partial charge >= 0.3 is 11.9 Å². The Morgan fingerprint density at radius 2 is 1.59 bits per heavy atom. The molecule has 3 aromatic carbocycles. The molecule has 194 valence electrons. The highest BCUT2D eigenvalue weighted by molar-refractivity contribution is 9.10. The van der Waals surface area contributed by atoms with Crippen molar-refractivity contribution in [1.82, 2.24) is 0 Å². The maximum Gasteiger partial charge on any atom is 0.363 e. The zero-order valence-corrected chi connectivity index (χ0v) is 26.1. The average Bonchev–Trinajstić information content (AvgIpc) is 3.53. The number of rotatable bonds is 4. The van der Waals surface area contributed by atoms with Gasteiger partial charge in [-0.05, 0) is 48.5 Å². The van der Waals surface area contributed by atoms with E-state index in [1.165, 1.54) is 28.7 Å². The second-order valence-corrected chi connectivity index (χ2v) is 13.3. The molecule has 2 aromatic heterocycles. The lowest BCUT2D eigenvalue weighted by Crippen LogP contribution is -2.08. The van der Waals surface area contributed by atoms with E-state index >= 15 is 0 Å². The topological polar surface area (TPSA) is 65.0 Å². The van der Waals surface area contributed by atoms with Crippen molar-refractivity contribution in [3.63, 3.8) is 0 Å². The third kappa shape index (κ3) is 5.17. The molecule has 0 aliphatic carbocycles. The van der Waals surface area contributed by atoms with Crippen molar-refractivity contribution in [3.05, 3.63) is 99.6 Å². The van der Waals surface area contributed by atoms with E-state index in [2.05, 4.69) is 36.9 Å². The molecule has 0 bridgehead atoms. The highest BCUT2D eigenvalue weighted by atomic mass is 79.9. The van der Waals surface area contributed by atoms with E-state index in [0.29, 0.717) is 30.3 Å². The molecule has 3 heterocycles. The Kier molecular flexibility index (Phi) is 7.35. The lowest BCUT2D eigenvalue weighted by atomic mass is 10.1. The highest BCUT2D eigenvalue weighted by Gasteiger charge is 2.29. The van der Waals surface area contributed by atoms with E-state index in [-0.39, 0.29) is 27.2 Å². The van der Waals surface area contributed by atoms with Gasteiger partial charge in [0.25, 0.3) is 0 Å². The number of hydrogen-bond donors (Lipinski definition) is 0. The first-order valence-corrected chi connectivity index (χ1v) is 15.3. The Balaban J connectivity index is 1.35. The van der Waals surface area contributed by atoms with Crippen LogP contribution in [0, 0.1) is 0 Å². The maximum atomic E-state index is 13.1. The minimum atomic E-state index is -0.651. The van der Waals surface area contributed by atoms with Crippen LogP contribution in [-0.2, 0) is 9.53 Å².